The summed E-state index contributed by atoms with van der Waals surface area (Å²) in [5, 5.41) is 6.41. The molecule has 2 aromatic carbocycles. The van der Waals surface area contributed by atoms with E-state index in [-0.39, 0.29) is 24.3 Å². The molecule has 0 saturated carbocycles. The molecule has 0 atom stereocenters. The van der Waals surface area contributed by atoms with Crippen molar-refractivity contribution in [3.05, 3.63) is 52.0 Å². The van der Waals surface area contributed by atoms with Gasteiger partial charge in [0.1, 0.15) is 5.75 Å². The summed E-state index contributed by atoms with van der Waals surface area (Å²) >= 11 is 11.9. The Morgan fingerprint density at radius 2 is 1.81 bits per heavy atom. The molecule has 0 aliphatic carbocycles. The van der Waals surface area contributed by atoms with Crippen molar-refractivity contribution in [3.8, 4) is 5.75 Å². The third-order valence-electron chi connectivity index (χ3n) is 3.56. The van der Waals surface area contributed by atoms with Gasteiger partial charge in [-0.25, -0.2) is 0 Å². The van der Waals surface area contributed by atoms with E-state index in [1.54, 1.807) is 30.3 Å². The van der Waals surface area contributed by atoms with Gasteiger partial charge in [-0.15, -0.1) is 0 Å². The van der Waals surface area contributed by atoms with Crippen LogP contribution in [0.5, 0.6) is 5.75 Å². The summed E-state index contributed by atoms with van der Waals surface area (Å²) in [5.74, 6) is -0.240. The maximum Gasteiger partial charge on any atom is 0.262 e. The molecule has 0 aliphatic rings. The number of hydrogen-bond acceptors (Lipinski definition) is 3. The summed E-state index contributed by atoms with van der Waals surface area (Å²) in [4.78, 5) is 24.0. The number of carbonyl (C=O) groups is 2. The van der Waals surface area contributed by atoms with E-state index < -0.39 is 0 Å². The van der Waals surface area contributed by atoms with E-state index >= 15 is 0 Å². The van der Waals surface area contributed by atoms with Crippen molar-refractivity contribution in [2.45, 2.75) is 20.8 Å². The molecule has 0 bridgehead atoms. The highest BCUT2D eigenvalue weighted by Gasteiger charge is 2.11. The van der Waals surface area contributed by atoms with Crippen LogP contribution in [-0.2, 0) is 9.59 Å². The molecule has 0 heterocycles. The average molecular weight is 395 g/mol. The third kappa shape index (κ3) is 5.64. The Balaban J connectivity index is 2.01. The lowest BCUT2D eigenvalue weighted by Crippen LogP contribution is -2.21. The molecule has 0 aromatic heterocycles. The monoisotopic (exact) mass is 394 g/mol. The van der Waals surface area contributed by atoms with Crippen molar-refractivity contribution in [1.82, 2.24) is 0 Å². The quantitative estimate of drug-likeness (QED) is 0.730. The molecule has 2 rings (SSSR count). The molecule has 0 radical (unpaired) electrons. The van der Waals surface area contributed by atoms with E-state index in [1.165, 1.54) is 0 Å². The Hall–Kier alpha value is -2.24. The van der Waals surface area contributed by atoms with Gasteiger partial charge in [-0.2, -0.15) is 0 Å². The molecular weight excluding hydrogens is 375 g/mol. The number of halogens is 2. The van der Waals surface area contributed by atoms with Crippen molar-refractivity contribution in [3.63, 3.8) is 0 Å². The number of nitrogens with one attached hydrogen (secondary N) is 2. The zero-order valence-electron chi connectivity index (χ0n) is 14.7. The van der Waals surface area contributed by atoms with Gasteiger partial charge in [0, 0.05) is 28.4 Å². The highest BCUT2D eigenvalue weighted by molar-refractivity contribution is 6.34. The van der Waals surface area contributed by atoms with E-state index in [9.17, 15) is 9.59 Å². The number of ether oxygens (including phenoxy) is 1. The first kappa shape index (κ1) is 20.1. The first-order chi connectivity index (χ1) is 12.3. The minimum absolute atomic E-state index is 0.0925. The molecule has 2 aromatic rings. The Morgan fingerprint density at radius 1 is 1.08 bits per heavy atom. The predicted octanol–water partition coefficient (Wildman–Crippen LogP) is 4.91. The van der Waals surface area contributed by atoms with Gasteiger partial charge in [-0.05, 0) is 36.8 Å². The largest absolute Gasteiger partial charge is 0.482 e. The number of benzene rings is 2. The Kier molecular flexibility index (Phi) is 6.89. The SMILES string of the molecule is Cc1ccc(NC(=O)C(C)C)cc1NC(=O)COc1cc(Cl)ccc1Cl. The van der Waals surface area contributed by atoms with Gasteiger partial charge in [-0.3, -0.25) is 9.59 Å². The smallest absolute Gasteiger partial charge is 0.262 e. The predicted molar refractivity (Wildman–Crippen MR) is 105 cm³/mol. The fourth-order valence-corrected chi connectivity index (χ4v) is 2.37. The lowest BCUT2D eigenvalue weighted by molar-refractivity contribution is -0.119. The van der Waals surface area contributed by atoms with Crippen molar-refractivity contribution < 1.29 is 14.3 Å². The third-order valence-corrected chi connectivity index (χ3v) is 4.10. The molecule has 5 nitrogen and oxygen atoms in total. The first-order valence-electron chi connectivity index (χ1n) is 8.05. The molecule has 2 N–H and O–H groups in total. The lowest BCUT2D eigenvalue weighted by atomic mass is 10.1. The summed E-state index contributed by atoms with van der Waals surface area (Å²) in [6.07, 6.45) is 0. The van der Waals surface area contributed by atoms with Gasteiger partial charge < -0.3 is 15.4 Å². The normalized spacial score (nSPS) is 10.5. The van der Waals surface area contributed by atoms with Crippen LogP contribution >= 0.6 is 23.2 Å². The fraction of sp³-hybridized carbons (Fsp3) is 0.263. The van der Waals surface area contributed by atoms with Crippen LogP contribution in [0.15, 0.2) is 36.4 Å². The summed E-state index contributed by atoms with van der Waals surface area (Å²) < 4.78 is 5.42. The van der Waals surface area contributed by atoms with Crippen molar-refractivity contribution >= 4 is 46.4 Å². The van der Waals surface area contributed by atoms with Crippen LogP contribution in [0.1, 0.15) is 19.4 Å². The standard InChI is InChI=1S/C19H20Cl2N2O3/c1-11(2)19(25)22-14-6-4-12(3)16(9-14)23-18(24)10-26-17-8-13(20)5-7-15(17)21/h4-9,11H,10H2,1-3H3,(H,22,25)(H,23,24). The van der Waals surface area contributed by atoms with Crippen LogP contribution in [0.2, 0.25) is 10.0 Å². The van der Waals surface area contributed by atoms with Crippen molar-refractivity contribution in [2.75, 3.05) is 17.2 Å². The van der Waals surface area contributed by atoms with E-state index in [0.717, 1.165) is 5.56 Å². The molecule has 138 valence electrons. The zero-order valence-corrected chi connectivity index (χ0v) is 16.2. The lowest BCUT2D eigenvalue weighted by Gasteiger charge is -2.13. The Bertz CT molecular complexity index is 822. The van der Waals surface area contributed by atoms with E-state index in [1.807, 2.05) is 26.8 Å². The van der Waals surface area contributed by atoms with E-state index in [0.29, 0.717) is 27.2 Å². The molecule has 0 unspecified atom stereocenters. The van der Waals surface area contributed by atoms with Crippen LogP contribution in [0.4, 0.5) is 11.4 Å². The van der Waals surface area contributed by atoms with Gasteiger partial charge in [0.05, 0.1) is 5.02 Å². The molecule has 0 aliphatic heterocycles. The molecule has 0 saturated heterocycles. The van der Waals surface area contributed by atoms with Crippen molar-refractivity contribution in [2.24, 2.45) is 5.92 Å². The summed E-state index contributed by atoms with van der Waals surface area (Å²) in [5.41, 5.74) is 2.07. The van der Waals surface area contributed by atoms with E-state index in [4.69, 9.17) is 27.9 Å². The molecule has 26 heavy (non-hydrogen) atoms. The van der Waals surface area contributed by atoms with Crippen LogP contribution < -0.4 is 15.4 Å². The van der Waals surface area contributed by atoms with Crippen LogP contribution in [0.3, 0.4) is 0 Å². The topological polar surface area (TPSA) is 67.4 Å². The van der Waals surface area contributed by atoms with E-state index in [2.05, 4.69) is 10.6 Å². The van der Waals surface area contributed by atoms with Gasteiger partial charge in [0.25, 0.3) is 5.91 Å². The highest BCUT2D eigenvalue weighted by atomic mass is 35.5. The summed E-state index contributed by atoms with van der Waals surface area (Å²) in [6, 6.07) is 10.1. The minimum atomic E-state index is -0.350. The van der Waals surface area contributed by atoms with Gasteiger partial charge in [0.15, 0.2) is 6.61 Å². The van der Waals surface area contributed by atoms with Crippen molar-refractivity contribution in [1.29, 1.82) is 0 Å². The molecule has 0 fully saturated rings. The molecule has 0 spiro atoms. The molecular formula is C19H20Cl2N2O3. The average Bonchev–Trinajstić information content (AvgIpc) is 2.58. The number of hydrogen-bond donors (Lipinski definition) is 2. The van der Waals surface area contributed by atoms with Crippen LogP contribution in [0, 0.1) is 12.8 Å². The summed E-state index contributed by atoms with van der Waals surface area (Å²) in [6.45, 7) is 5.26. The zero-order chi connectivity index (χ0) is 19.3. The second kappa shape index (κ2) is 8.92. The number of anilines is 2. The maximum atomic E-state index is 12.2. The van der Waals surface area contributed by atoms with Crippen LogP contribution in [0.25, 0.3) is 0 Å². The minimum Gasteiger partial charge on any atom is -0.482 e. The number of rotatable bonds is 6. The number of amides is 2. The Morgan fingerprint density at radius 3 is 2.50 bits per heavy atom. The molecule has 7 heteroatoms. The van der Waals surface area contributed by atoms with Gasteiger partial charge >= 0.3 is 0 Å². The second-order valence-electron chi connectivity index (χ2n) is 6.09. The highest BCUT2D eigenvalue weighted by Crippen LogP contribution is 2.27. The maximum absolute atomic E-state index is 12.2. The molecule has 2 amide bonds. The van der Waals surface area contributed by atoms with Gasteiger partial charge in [0.2, 0.25) is 5.91 Å². The summed E-state index contributed by atoms with van der Waals surface area (Å²) in [7, 11) is 0. The fourth-order valence-electron chi connectivity index (χ4n) is 2.04. The number of carbonyl (C=O) groups excluding carboxylic acids is 2. The Labute approximate surface area is 162 Å². The first-order valence-corrected chi connectivity index (χ1v) is 8.81. The van der Waals surface area contributed by atoms with Gasteiger partial charge in [-0.1, -0.05) is 43.1 Å². The second-order valence-corrected chi connectivity index (χ2v) is 6.93. The van der Waals surface area contributed by atoms with Crippen LogP contribution in [-0.4, -0.2) is 18.4 Å². The number of aryl methyl sites for hydroxylation is 1.